The highest BCUT2D eigenvalue weighted by molar-refractivity contribution is 5.79. The molecule has 2 amide bonds. The van der Waals surface area contributed by atoms with Crippen molar-refractivity contribution in [3.8, 4) is 0 Å². The molecule has 2 aliphatic rings. The number of rotatable bonds is 4. The number of hydrogen-bond donors (Lipinski definition) is 0. The summed E-state index contributed by atoms with van der Waals surface area (Å²) < 4.78 is 13.1. The molecule has 3 rings (SSSR count). The number of nitrogens with zero attached hydrogens (tertiary/aromatic N) is 2. The topological polar surface area (TPSA) is 40.6 Å². The van der Waals surface area contributed by atoms with Gasteiger partial charge in [0.1, 0.15) is 5.82 Å². The second-order valence-electron chi connectivity index (χ2n) is 6.74. The number of benzene rings is 1. The minimum Gasteiger partial charge on any atom is -0.342 e. The predicted molar refractivity (Wildman–Crippen MR) is 89.8 cm³/mol. The summed E-state index contributed by atoms with van der Waals surface area (Å²) in [5.74, 6) is 0.0185. The Morgan fingerprint density at radius 1 is 1.08 bits per heavy atom. The van der Waals surface area contributed by atoms with E-state index in [4.69, 9.17) is 0 Å². The number of halogens is 1. The molecule has 0 unspecified atom stereocenters. The molecule has 0 N–H and O–H groups in total. The summed E-state index contributed by atoms with van der Waals surface area (Å²) in [6.45, 7) is 2.03. The highest BCUT2D eigenvalue weighted by atomic mass is 19.1. The van der Waals surface area contributed by atoms with Crippen LogP contribution < -0.4 is 0 Å². The number of amides is 2. The lowest BCUT2D eigenvalue weighted by Crippen LogP contribution is -2.36. The summed E-state index contributed by atoms with van der Waals surface area (Å²) in [7, 11) is 0. The fourth-order valence-electron chi connectivity index (χ4n) is 3.75. The van der Waals surface area contributed by atoms with Gasteiger partial charge in [0.05, 0.1) is 6.04 Å². The Bertz CT molecular complexity index is 588. The first-order valence-electron chi connectivity index (χ1n) is 8.98. The lowest BCUT2D eigenvalue weighted by Gasteiger charge is -2.27. The van der Waals surface area contributed by atoms with Crippen molar-refractivity contribution in [2.75, 3.05) is 19.6 Å². The van der Waals surface area contributed by atoms with Crippen LogP contribution in [0.15, 0.2) is 24.3 Å². The van der Waals surface area contributed by atoms with Crippen LogP contribution in [-0.2, 0) is 9.59 Å². The molecule has 130 valence electrons. The van der Waals surface area contributed by atoms with Crippen molar-refractivity contribution in [3.63, 3.8) is 0 Å². The molecular formula is C19H25FN2O2. The standard InChI is InChI=1S/C19H25FN2O2/c20-16-9-7-15(8-10-16)17-5-4-13-22(17)19(24)11-14-21-12-3-1-2-6-18(21)23/h7-10,17H,1-6,11-14H2/t17-/m1/s1. The third-order valence-corrected chi connectivity index (χ3v) is 5.09. The van der Waals surface area contributed by atoms with Crippen LogP contribution in [0, 0.1) is 5.82 Å². The van der Waals surface area contributed by atoms with E-state index in [1.807, 2.05) is 9.80 Å². The first-order chi connectivity index (χ1) is 11.6. The van der Waals surface area contributed by atoms with Gasteiger partial charge < -0.3 is 9.80 Å². The number of carbonyl (C=O) groups is 2. The molecule has 0 radical (unpaired) electrons. The second-order valence-corrected chi connectivity index (χ2v) is 6.74. The van der Waals surface area contributed by atoms with Crippen molar-refractivity contribution >= 4 is 11.8 Å². The molecule has 2 saturated heterocycles. The highest BCUT2D eigenvalue weighted by Crippen LogP contribution is 2.32. The highest BCUT2D eigenvalue weighted by Gasteiger charge is 2.30. The zero-order valence-corrected chi connectivity index (χ0v) is 14.0. The van der Waals surface area contributed by atoms with Crippen molar-refractivity contribution in [1.82, 2.24) is 9.80 Å². The molecule has 4 nitrogen and oxygen atoms in total. The van der Waals surface area contributed by atoms with Crippen molar-refractivity contribution < 1.29 is 14.0 Å². The van der Waals surface area contributed by atoms with E-state index in [9.17, 15) is 14.0 Å². The van der Waals surface area contributed by atoms with Crippen LogP contribution in [0.2, 0.25) is 0 Å². The third kappa shape index (κ3) is 3.94. The van der Waals surface area contributed by atoms with E-state index < -0.39 is 0 Å². The van der Waals surface area contributed by atoms with E-state index in [0.29, 0.717) is 19.4 Å². The summed E-state index contributed by atoms with van der Waals surface area (Å²) in [6.07, 6.45) is 5.95. The van der Waals surface area contributed by atoms with Gasteiger partial charge in [0, 0.05) is 32.5 Å². The summed E-state index contributed by atoms with van der Waals surface area (Å²) in [4.78, 5) is 28.4. The fraction of sp³-hybridized carbons (Fsp3) is 0.579. The van der Waals surface area contributed by atoms with Gasteiger partial charge in [-0.15, -0.1) is 0 Å². The maximum Gasteiger partial charge on any atom is 0.224 e. The van der Waals surface area contributed by atoms with Crippen LogP contribution in [0.3, 0.4) is 0 Å². The molecule has 24 heavy (non-hydrogen) atoms. The molecule has 0 aromatic heterocycles. The first kappa shape index (κ1) is 16.9. The molecular weight excluding hydrogens is 307 g/mol. The molecule has 0 aliphatic carbocycles. The largest absolute Gasteiger partial charge is 0.342 e. The number of carbonyl (C=O) groups excluding carboxylic acids is 2. The molecule has 0 bridgehead atoms. The fourth-order valence-corrected chi connectivity index (χ4v) is 3.75. The Balaban J connectivity index is 1.59. The van der Waals surface area contributed by atoms with Gasteiger partial charge >= 0.3 is 0 Å². The smallest absolute Gasteiger partial charge is 0.224 e. The van der Waals surface area contributed by atoms with Gasteiger partial charge in [0.15, 0.2) is 0 Å². The van der Waals surface area contributed by atoms with Crippen LogP contribution in [0.5, 0.6) is 0 Å². The van der Waals surface area contributed by atoms with Crippen LogP contribution in [-0.4, -0.2) is 41.2 Å². The number of hydrogen-bond acceptors (Lipinski definition) is 2. The maximum atomic E-state index is 13.1. The predicted octanol–water partition coefficient (Wildman–Crippen LogP) is 3.28. The zero-order valence-electron chi connectivity index (χ0n) is 14.0. The van der Waals surface area contributed by atoms with Crippen molar-refractivity contribution in [2.45, 2.75) is 51.0 Å². The second kappa shape index (κ2) is 7.77. The van der Waals surface area contributed by atoms with E-state index in [-0.39, 0.29) is 23.7 Å². The van der Waals surface area contributed by atoms with Crippen LogP contribution in [0.25, 0.3) is 0 Å². The lowest BCUT2D eigenvalue weighted by molar-refractivity contribution is -0.134. The lowest BCUT2D eigenvalue weighted by atomic mass is 10.0. The molecule has 2 aliphatic heterocycles. The van der Waals surface area contributed by atoms with E-state index in [0.717, 1.165) is 50.8 Å². The van der Waals surface area contributed by atoms with Gasteiger partial charge in [0.25, 0.3) is 0 Å². The van der Waals surface area contributed by atoms with Crippen molar-refractivity contribution in [2.24, 2.45) is 0 Å². The molecule has 5 heteroatoms. The quantitative estimate of drug-likeness (QED) is 0.849. The van der Waals surface area contributed by atoms with E-state index >= 15 is 0 Å². The van der Waals surface area contributed by atoms with Gasteiger partial charge in [-0.3, -0.25) is 9.59 Å². The molecule has 1 atom stereocenters. The minimum absolute atomic E-state index is 0.0398. The van der Waals surface area contributed by atoms with E-state index in [1.54, 1.807) is 12.1 Å². The van der Waals surface area contributed by atoms with Crippen LogP contribution in [0.4, 0.5) is 4.39 Å². The zero-order chi connectivity index (χ0) is 16.9. The van der Waals surface area contributed by atoms with Crippen LogP contribution >= 0.6 is 0 Å². The first-order valence-corrected chi connectivity index (χ1v) is 8.98. The van der Waals surface area contributed by atoms with E-state index in [1.165, 1.54) is 12.1 Å². The van der Waals surface area contributed by atoms with E-state index in [2.05, 4.69) is 0 Å². The monoisotopic (exact) mass is 332 g/mol. The van der Waals surface area contributed by atoms with Crippen LogP contribution in [0.1, 0.15) is 56.6 Å². The van der Waals surface area contributed by atoms with Gasteiger partial charge in [-0.25, -0.2) is 4.39 Å². The summed E-state index contributed by atoms with van der Waals surface area (Å²) in [5, 5.41) is 0. The van der Waals surface area contributed by atoms with Crippen molar-refractivity contribution in [3.05, 3.63) is 35.6 Å². The SMILES string of the molecule is O=C1CCCCCN1CCC(=O)N1CCC[C@@H]1c1ccc(F)cc1. The Morgan fingerprint density at radius 3 is 2.67 bits per heavy atom. The van der Waals surface area contributed by atoms with Gasteiger partial charge in [-0.05, 0) is 43.4 Å². The van der Waals surface area contributed by atoms with Crippen molar-refractivity contribution in [1.29, 1.82) is 0 Å². The Kier molecular flexibility index (Phi) is 5.48. The van der Waals surface area contributed by atoms with Gasteiger partial charge in [-0.1, -0.05) is 18.6 Å². The molecule has 2 heterocycles. The molecule has 1 aromatic carbocycles. The Labute approximate surface area is 142 Å². The Morgan fingerprint density at radius 2 is 1.88 bits per heavy atom. The summed E-state index contributed by atoms with van der Waals surface area (Å²) >= 11 is 0. The summed E-state index contributed by atoms with van der Waals surface area (Å²) in [5.41, 5.74) is 0.994. The molecule has 1 aromatic rings. The summed E-state index contributed by atoms with van der Waals surface area (Å²) in [6, 6.07) is 6.48. The van der Waals surface area contributed by atoms with Gasteiger partial charge in [0.2, 0.25) is 11.8 Å². The van der Waals surface area contributed by atoms with Gasteiger partial charge in [-0.2, -0.15) is 0 Å². The minimum atomic E-state index is -0.255. The third-order valence-electron chi connectivity index (χ3n) is 5.09. The maximum absolute atomic E-state index is 13.1. The average molecular weight is 332 g/mol. The molecule has 2 fully saturated rings. The Hall–Kier alpha value is -1.91. The average Bonchev–Trinajstić information content (AvgIpc) is 2.98. The normalized spacial score (nSPS) is 21.9. The molecule has 0 spiro atoms. The molecule has 0 saturated carbocycles. The number of likely N-dealkylation sites (tertiary alicyclic amines) is 2.